The fourth-order valence-electron chi connectivity index (χ4n) is 1.93. The van der Waals surface area contributed by atoms with Crippen LogP contribution in [0.15, 0.2) is 18.2 Å². The Bertz CT molecular complexity index is 334. The maximum atomic E-state index is 13.1. The highest BCUT2D eigenvalue weighted by Crippen LogP contribution is 2.31. The highest BCUT2D eigenvalue weighted by Gasteiger charge is 2.15. The average molecular weight is 225 g/mol. The van der Waals surface area contributed by atoms with Gasteiger partial charge in [-0.25, -0.2) is 4.39 Å². The molecule has 1 saturated carbocycles. The summed E-state index contributed by atoms with van der Waals surface area (Å²) in [4.78, 5) is 0. The van der Waals surface area contributed by atoms with E-state index in [2.05, 4.69) is 0 Å². The quantitative estimate of drug-likeness (QED) is 0.796. The maximum absolute atomic E-state index is 13.1. The van der Waals surface area contributed by atoms with Crippen LogP contribution in [0, 0.1) is 5.82 Å². The van der Waals surface area contributed by atoms with Crippen LogP contribution in [0.1, 0.15) is 31.2 Å². The van der Waals surface area contributed by atoms with Gasteiger partial charge in [-0.3, -0.25) is 0 Å². The van der Waals surface area contributed by atoms with Gasteiger partial charge in [0.25, 0.3) is 0 Å². The van der Waals surface area contributed by atoms with E-state index in [9.17, 15) is 4.39 Å². The second-order valence-electron chi connectivity index (χ2n) is 4.07. The van der Waals surface area contributed by atoms with Crippen LogP contribution in [0.25, 0.3) is 0 Å². The zero-order chi connectivity index (χ0) is 10.7. The van der Waals surface area contributed by atoms with Crippen molar-refractivity contribution in [3.63, 3.8) is 0 Å². The molecule has 3 heteroatoms. The monoisotopic (exact) mass is 225 g/mol. The van der Waals surface area contributed by atoms with Gasteiger partial charge in [-0.15, -0.1) is 0 Å². The van der Waals surface area contributed by atoms with Gasteiger partial charge in [-0.2, -0.15) is 11.8 Å². The Balaban J connectivity index is 1.90. The summed E-state index contributed by atoms with van der Waals surface area (Å²) in [5.74, 6) is 0.613. The minimum atomic E-state index is -0.292. The topological polar surface area (TPSA) is 26.0 Å². The first-order valence-electron chi connectivity index (χ1n) is 5.41. The van der Waals surface area contributed by atoms with Crippen LogP contribution in [0.3, 0.4) is 0 Å². The van der Waals surface area contributed by atoms with E-state index in [1.807, 2.05) is 17.8 Å². The summed E-state index contributed by atoms with van der Waals surface area (Å²) in [6, 6.07) is 5.12. The lowest BCUT2D eigenvalue weighted by atomic mass is 10.2. The molecule has 0 atom stereocenters. The fraction of sp³-hybridized carbons (Fsp3) is 0.500. The standard InChI is InChI=1S/C12H16FNS/c13-11-7-9(5-6-12(11)14)8-15-10-3-1-2-4-10/h5-7,10H,1-4,8,14H2. The zero-order valence-electron chi connectivity index (χ0n) is 8.71. The smallest absolute Gasteiger partial charge is 0.146 e. The summed E-state index contributed by atoms with van der Waals surface area (Å²) in [6.07, 6.45) is 5.35. The van der Waals surface area contributed by atoms with Crippen LogP contribution >= 0.6 is 11.8 Å². The van der Waals surface area contributed by atoms with Crippen molar-refractivity contribution in [2.45, 2.75) is 36.7 Å². The van der Waals surface area contributed by atoms with Crippen LogP contribution in [0.2, 0.25) is 0 Å². The Kier molecular flexibility index (Phi) is 3.52. The van der Waals surface area contributed by atoms with Gasteiger partial charge in [0.15, 0.2) is 0 Å². The SMILES string of the molecule is Nc1ccc(CSC2CCCC2)cc1F. The van der Waals surface area contributed by atoms with E-state index in [0.29, 0.717) is 0 Å². The molecule has 1 aliphatic rings. The molecular weight excluding hydrogens is 209 g/mol. The number of halogens is 1. The van der Waals surface area contributed by atoms with Crippen molar-refractivity contribution in [3.8, 4) is 0 Å². The summed E-state index contributed by atoms with van der Waals surface area (Å²) in [6.45, 7) is 0. The molecule has 1 aromatic carbocycles. The number of benzene rings is 1. The van der Waals surface area contributed by atoms with Crippen molar-refractivity contribution in [1.29, 1.82) is 0 Å². The molecule has 0 aromatic heterocycles. The first-order valence-corrected chi connectivity index (χ1v) is 6.46. The highest BCUT2D eigenvalue weighted by molar-refractivity contribution is 7.99. The zero-order valence-corrected chi connectivity index (χ0v) is 9.52. The molecule has 0 radical (unpaired) electrons. The molecule has 1 nitrogen and oxygen atoms in total. The fourth-order valence-corrected chi connectivity index (χ4v) is 3.20. The molecule has 0 spiro atoms. The normalized spacial score (nSPS) is 17.1. The Morgan fingerprint density at radius 1 is 1.33 bits per heavy atom. The van der Waals surface area contributed by atoms with E-state index in [0.717, 1.165) is 16.6 Å². The lowest BCUT2D eigenvalue weighted by molar-refractivity contribution is 0.631. The van der Waals surface area contributed by atoms with Crippen molar-refractivity contribution >= 4 is 17.4 Å². The van der Waals surface area contributed by atoms with Crippen molar-refractivity contribution in [2.24, 2.45) is 0 Å². The second-order valence-corrected chi connectivity index (χ2v) is 5.36. The molecule has 1 aliphatic carbocycles. The molecule has 2 N–H and O–H groups in total. The highest BCUT2D eigenvalue weighted by atomic mass is 32.2. The molecule has 0 amide bonds. The van der Waals surface area contributed by atoms with E-state index in [4.69, 9.17) is 5.73 Å². The average Bonchev–Trinajstić information content (AvgIpc) is 2.73. The molecule has 0 unspecified atom stereocenters. The number of hydrogen-bond acceptors (Lipinski definition) is 2. The second kappa shape index (κ2) is 4.88. The molecule has 0 saturated heterocycles. The Morgan fingerprint density at radius 3 is 2.73 bits per heavy atom. The lowest BCUT2D eigenvalue weighted by Gasteiger charge is -2.08. The number of nitrogen functional groups attached to an aromatic ring is 1. The van der Waals surface area contributed by atoms with Crippen molar-refractivity contribution in [2.75, 3.05) is 5.73 Å². The van der Waals surface area contributed by atoms with Crippen LogP contribution in [-0.4, -0.2) is 5.25 Å². The van der Waals surface area contributed by atoms with Gasteiger partial charge in [0.2, 0.25) is 0 Å². The number of nitrogens with two attached hydrogens (primary N) is 1. The van der Waals surface area contributed by atoms with Crippen LogP contribution in [-0.2, 0) is 5.75 Å². The molecule has 1 fully saturated rings. The number of hydrogen-bond donors (Lipinski definition) is 1. The largest absolute Gasteiger partial charge is 0.396 e. The predicted molar refractivity (Wildman–Crippen MR) is 64.4 cm³/mol. The minimum absolute atomic E-state index is 0.240. The first kappa shape index (κ1) is 10.8. The van der Waals surface area contributed by atoms with Crippen LogP contribution in [0.4, 0.5) is 10.1 Å². The third kappa shape index (κ3) is 2.88. The molecule has 82 valence electrons. The summed E-state index contributed by atoms with van der Waals surface area (Å²) < 4.78 is 13.1. The van der Waals surface area contributed by atoms with E-state index in [1.165, 1.54) is 25.7 Å². The van der Waals surface area contributed by atoms with Crippen molar-refractivity contribution < 1.29 is 4.39 Å². The van der Waals surface area contributed by atoms with Gasteiger partial charge < -0.3 is 5.73 Å². The van der Waals surface area contributed by atoms with E-state index < -0.39 is 0 Å². The summed E-state index contributed by atoms with van der Waals surface area (Å²) in [5, 5.41) is 0.783. The summed E-state index contributed by atoms with van der Waals surface area (Å²) in [5.41, 5.74) is 6.71. The first-order chi connectivity index (χ1) is 7.25. The molecule has 2 rings (SSSR count). The molecular formula is C12H16FNS. The molecule has 15 heavy (non-hydrogen) atoms. The van der Waals surface area contributed by atoms with Gasteiger partial charge in [0.1, 0.15) is 5.82 Å². The summed E-state index contributed by atoms with van der Waals surface area (Å²) in [7, 11) is 0. The van der Waals surface area contributed by atoms with Crippen molar-refractivity contribution in [3.05, 3.63) is 29.6 Å². The van der Waals surface area contributed by atoms with E-state index in [1.54, 1.807) is 12.1 Å². The molecule has 0 aliphatic heterocycles. The Morgan fingerprint density at radius 2 is 2.07 bits per heavy atom. The number of anilines is 1. The van der Waals surface area contributed by atoms with Crippen LogP contribution < -0.4 is 5.73 Å². The summed E-state index contributed by atoms with van der Waals surface area (Å²) >= 11 is 1.94. The van der Waals surface area contributed by atoms with Crippen LogP contribution in [0.5, 0.6) is 0 Å². The van der Waals surface area contributed by atoms with Gasteiger partial charge in [0, 0.05) is 11.0 Å². The third-order valence-electron chi connectivity index (χ3n) is 2.85. The van der Waals surface area contributed by atoms with E-state index in [-0.39, 0.29) is 11.5 Å². The predicted octanol–water partition coefficient (Wildman–Crippen LogP) is 3.58. The van der Waals surface area contributed by atoms with E-state index >= 15 is 0 Å². The molecule has 0 bridgehead atoms. The third-order valence-corrected chi connectivity index (χ3v) is 4.30. The number of thioether (sulfide) groups is 1. The minimum Gasteiger partial charge on any atom is -0.396 e. The van der Waals surface area contributed by atoms with Gasteiger partial charge >= 0.3 is 0 Å². The molecule has 0 heterocycles. The van der Waals surface area contributed by atoms with Gasteiger partial charge in [-0.05, 0) is 30.5 Å². The molecule has 1 aromatic rings. The maximum Gasteiger partial charge on any atom is 0.146 e. The Labute approximate surface area is 94.2 Å². The Hall–Kier alpha value is -0.700. The number of rotatable bonds is 3. The van der Waals surface area contributed by atoms with Crippen molar-refractivity contribution in [1.82, 2.24) is 0 Å². The van der Waals surface area contributed by atoms with Gasteiger partial charge in [0.05, 0.1) is 5.69 Å². The van der Waals surface area contributed by atoms with Gasteiger partial charge in [-0.1, -0.05) is 18.9 Å². The lowest BCUT2D eigenvalue weighted by Crippen LogP contribution is -1.96.